The number of nitrogens with two attached hydrogens (primary N) is 1. The van der Waals surface area contributed by atoms with Crippen LogP contribution in [-0.2, 0) is 7.05 Å². The number of nitrogen functional groups attached to an aromatic ring is 1. The van der Waals surface area contributed by atoms with Gasteiger partial charge in [0.2, 0.25) is 0 Å². The van der Waals surface area contributed by atoms with Crippen molar-refractivity contribution in [2.24, 2.45) is 12.8 Å². The zero-order chi connectivity index (χ0) is 12.4. The van der Waals surface area contributed by atoms with Gasteiger partial charge in [0.15, 0.2) is 5.16 Å². The fourth-order valence-electron chi connectivity index (χ4n) is 1.28. The summed E-state index contributed by atoms with van der Waals surface area (Å²) in [5, 5.41) is 12.3. The molecule has 0 fully saturated rings. The van der Waals surface area contributed by atoms with Crippen molar-refractivity contribution in [1.82, 2.24) is 14.8 Å². The maximum Gasteiger partial charge on any atom is 0.190 e. The molecule has 17 heavy (non-hydrogen) atoms. The molecule has 0 saturated carbocycles. The second-order valence-corrected chi connectivity index (χ2v) is 5.25. The Balaban J connectivity index is 2.41. The molecule has 0 saturated heterocycles. The molecule has 0 amide bonds. The Hall–Kier alpha value is -1.34. The topological polar surface area (TPSA) is 80.6 Å². The van der Waals surface area contributed by atoms with Crippen LogP contribution in [0.5, 0.6) is 0 Å². The fourth-order valence-corrected chi connectivity index (χ4v) is 2.74. The van der Waals surface area contributed by atoms with E-state index in [0.717, 1.165) is 14.5 Å². The van der Waals surface area contributed by atoms with Crippen LogP contribution in [0.3, 0.4) is 0 Å². The van der Waals surface area contributed by atoms with E-state index in [2.05, 4.69) is 26.0 Å². The third-order valence-electron chi connectivity index (χ3n) is 2.10. The van der Waals surface area contributed by atoms with Crippen LogP contribution in [0.25, 0.3) is 0 Å². The maximum absolute atomic E-state index is 7.54. The summed E-state index contributed by atoms with van der Waals surface area (Å²) in [5.41, 5.74) is 6.24. The Kier molecular flexibility index (Phi) is 3.49. The SMILES string of the molecule is Cn1ncnc1Sc1cc(Br)ccc1C(=N)N. The Labute approximate surface area is 111 Å². The first-order valence-electron chi connectivity index (χ1n) is 4.73. The minimum absolute atomic E-state index is 0.0437. The van der Waals surface area contributed by atoms with Crippen LogP contribution in [0.15, 0.2) is 39.1 Å². The van der Waals surface area contributed by atoms with Gasteiger partial charge in [-0.15, -0.1) is 0 Å². The zero-order valence-corrected chi connectivity index (χ0v) is 11.4. The van der Waals surface area contributed by atoms with Crippen LogP contribution in [0, 0.1) is 5.41 Å². The van der Waals surface area contributed by atoms with Crippen molar-refractivity contribution in [3.63, 3.8) is 0 Å². The number of hydrogen-bond donors (Lipinski definition) is 2. The Morgan fingerprint density at radius 1 is 1.53 bits per heavy atom. The molecule has 2 aromatic rings. The molecule has 7 heteroatoms. The van der Waals surface area contributed by atoms with Crippen LogP contribution in [0.1, 0.15) is 5.56 Å². The molecule has 0 aliphatic heterocycles. The van der Waals surface area contributed by atoms with Crippen LogP contribution in [-0.4, -0.2) is 20.6 Å². The van der Waals surface area contributed by atoms with Gasteiger partial charge in [0, 0.05) is 22.0 Å². The summed E-state index contributed by atoms with van der Waals surface area (Å²) in [7, 11) is 1.82. The highest BCUT2D eigenvalue weighted by Crippen LogP contribution is 2.30. The van der Waals surface area contributed by atoms with Crippen molar-refractivity contribution in [3.8, 4) is 0 Å². The normalized spacial score (nSPS) is 10.5. The van der Waals surface area contributed by atoms with E-state index in [4.69, 9.17) is 11.1 Å². The molecule has 2 rings (SSSR count). The van der Waals surface area contributed by atoms with Crippen LogP contribution >= 0.6 is 27.7 Å². The van der Waals surface area contributed by atoms with Crippen LogP contribution in [0.2, 0.25) is 0 Å². The highest BCUT2D eigenvalue weighted by molar-refractivity contribution is 9.10. The summed E-state index contributed by atoms with van der Waals surface area (Å²) >= 11 is 4.83. The first kappa shape index (κ1) is 12.1. The van der Waals surface area contributed by atoms with Gasteiger partial charge in [0.05, 0.1) is 0 Å². The number of halogens is 1. The smallest absolute Gasteiger partial charge is 0.190 e. The lowest BCUT2D eigenvalue weighted by atomic mass is 10.2. The van der Waals surface area contributed by atoms with Gasteiger partial charge in [-0.05, 0) is 30.0 Å². The van der Waals surface area contributed by atoms with Gasteiger partial charge >= 0.3 is 0 Å². The molecule has 5 nitrogen and oxygen atoms in total. The molecule has 1 aromatic carbocycles. The maximum atomic E-state index is 7.54. The van der Waals surface area contributed by atoms with Crippen molar-refractivity contribution in [1.29, 1.82) is 5.41 Å². The highest BCUT2D eigenvalue weighted by atomic mass is 79.9. The molecular formula is C10H10BrN5S. The van der Waals surface area contributed by atoms with E-state index in [-0.39, 0.29) is 5.84 Å². The van der Waals surface area contributed by atoms with Crippen LogP contribution < -0.4 is 5.73 Å². The van der Waals surface area contributed by atoms with Crippen molar-refractivity contribution in [2.75, 3.05) is 0 Å². The van der Waals surface area contributed by atoms with E-state index in [1.807, 2.05) is 25.2 Å². The summed E-state index contributed by atoms with van der Waals surface area (Å²) in [6, 6.07) is 5.58. The van der Waals surface area contributed by atoms with Crippen molar-refractivity contribution < 1.29 is 0 Å². The minimum atomic E-state index is 0.0437. The number of hydrogen-bond acceptors (Lipinski definition) is 4. The molecule has 88 valence electrons. The lowest BCUT2D eigenvalue weighted by Gasteiger charge is -2.07. The molecule has 1 heterocycles. The fraction of sp³-hybridized carbons (Fsp3) is 0.100. The summed E-state index contributed by atoms with van der Waals surface area (Å²) in [5.74, 6) is 0.0437. The predicted octanol–water partition coefficient (Wildman–Crippen LogP) is 2.01. The van der Waals surface area contributed by atoms with E-state index >= 15 is 0 Å². The first-order valence-corrected chi connectivity index (χ1v) is 6.34. The third kappa shape index (κ3) is 2.67. The Morgan fingerprint density at radius 2 is 2.29 bits per heavy atom. The van der Waals surface area contributed by atoms with Gasteiger partial charge in [-0.2, -0.15) is 5.10 Å². The number of aryl methyl sites for hydroxylation is 1. The Morgan fingerprint density at radius 3 is 2.88 bits per heavy atom. The van der Waals surface area contributed by atoms with Crippen molar-refractivity contribution >= 4 is 33.5 Å². The lowest BCUT2D eigenvalue weighted by Crippen LogP contribution is -2.12. The monoisotopic (exact) mass is 311 g/mol. The molecule has 0 radical (unpaired) electrons. The standard InChI is InChI=1S/C10H10BrN5S/c1-16-10(14-5-15-16)17-8-4-6(11)2-3-7(8)9(12)13/h2-5H,1H3,(H3,12,13). The lowest BCUT2D eigenvalue weighted by molar-refractivity contribution is 0.685. The molecule has 0 unspecified atom stereocenters. The summed E-state index contributed by atoms with van der Waals surface area (Å²) in [6.45, 7) is 0. The molecule has 0 aliphatic rings. The van der Waals surface area contributed by atoms with Crippen molar-refractivity contribution in [3.05, 3.63) is 34.6 Å². The number of aromatic nitrogens is 3. The van der Waals surface area contributed by atoms with Gasteiger partial charge in [0.1, 0.15) is 12.2 Å². The highest BCUT2D eigenvalue weighted by Gasteiger charge is 2.10. The molecular weight excluding hydrogens is 302 g/mol. The number of amidine groups is 1. The average Bonchev–Trinajstić information content (AvgIpc) is 2.64. The second kappa shape index (κ2) is 4.89. The second-order valence-electron chi connectivity index (χ2n) is 3.32. The molecule has 3 N–H and O–H groups in total. The number of nitrogens with one attached hydrogen (secondary N) is 1. The quantitative estimate of drug-likeness (QED) is 0.671. The van der Waals surface area contributed by atoms with Crippen LogP contribution in [0.4, 0.5) is 0 Å². The number of benzene rings is 1. The third-order valence-corrected chi connectivity index (χ3v) is 3.71. The molecule has 0 bridgehead atoms. The summed E-state index contributed by atoms with van der Waals surface area (Å²) in [6.07, 6.45) is 1.49. The molecule has 0 spiro atoms. The van der Waals surface area contributed by atoms with E-state index in [9.17, 15) is 0 Å². The van der Waals surface area contributed by atoms with E-state index < -0.39 is 0 Å². The number of rotatable bonds is 3. The van der Waals surface area contributed by atoms with Gasteiger partial charge in [0.25, 0.3) is 0 Å². The number of nitrogens with zero attached hydrogens (tertiary/aromatic N) is 3. The summed E-state index contributed by atoms with van der Waals surface area (Å²) in [4.78, 5) is 5.01. The van der Waals surface area contributed by atoms with E-state index in [0.29, 0.717) is 5.56 Å². The van der Waals surface area contributed by atoms with E-state index in [1.54, 1.807) is 4.68 Å². The zero-order valence-electron chi connectivity index (χ0n) is 9.01. The Bertz CT molecular complexity index is 566. The van der Waals surface area contributed by atoms with Gasteiger partial charge in [-0.25, -0.2) is 9.67 Å². The van der Waals surface area contributed by atoms with Gasteiger partial charge in [-0.1, -0.05) is 15.9 Å². The van der Waals surface area contributed by atoms with Gasteiger partial charge < -0.3 is 5.73 Å². The summed E-state index contributed by atoms with van der Waals surface area (Å²) < 4.78 is 2.61. The molecule has 0 aliphatic carbocycles. The van der Waals surface area contributed by atoms with Gasteiger partial charge in [-0.3, -0.25) is 5.41 Å². The van der Waals surface area contributed by atoms with Crippen molar-refractivity contribution in [2.45, 2.75) is 10.1 Å². The average molecular weight is 312 g/mol. The first-order chi connectivity index (χ1) is 8.08. The minimum Gasteiger partial charge on any atom is -0.384 e. The van der Waals surface area contributed by atoms with E-state index in [1.165, 1.54) is 18.1 Å². The predicted molar refractivity (Wildman–Crippen MR) is 70.3 cm³/mol. The molecule has 0 atom stereocenters. The molecule has 1 aromatic heterocycles. The largest absolute Gasteiger partial charge is 0.384 e.